The molecule has 1 aromatic heterocycles. The lowest BCUT2D eigenvalue weighted by atomic mass is 9.87. The maximum absolute atomic E-state index is 3.78. The van der Waals surface area contributed by atoms with Crippen LogP contribution in [0.25, 0.3) is 10.8 Å². The summed E-state index contributed by atoms with van der Waals surface area (Å²) in [4.78, 5) is 7.57. The lowest BCUT2D eigenvalue weighted by Gasteiger charge is -2.18. The van der Waals surface area contributed by atoms with Gasteiger partial charge >= 0.3 is 0 Å². The van der Waals surface area contributed by atoms with Crippen molar-refractivity contribution in [1.82, 2.24) is 15.3 Å². The number of aromatic nitrogens is 2. The molecule has 1 aliphatic rings. The lowest BCUT2D eigenvalue weighted by molar-refractivity contribution is 0.485. The highest BCUT2D eigenvalue weighted by Crippen LogP contribution is 2.31. The molecule has 0 saturated carbocycles. The number of nitrogens with one attached hydrogen (secondary N) is 1. The molecular formula is C21H24BrN3. The Hall–Kier alpha value is -1.78. The highest BCUT2D eigenvalue weighted by atomic mass is 79.9. The van der Waals surface area contributed by atoms with Gasteiger partial charge in [-0.15, -0.1) is 0 Å². The summed E-state index contributed by atoms with van der Waals surface area (Å²) in [6.07, 6.45) is 6.00. The standard InChI is InChI=1S/C17H21N.C4H3BrN2/c1-13(11-14-9-10-18-12-14)16-8-4-6-15-5-2-3-7-17(15)16;5-4-6-2-1-3-7-4/h2-8,13-14,18H,9-12H2,1H3;1-3H/t13-,14+;/m0./s1. The van der Waals surface area contributed by atoms with Crippen molar-refractivity contribution < 1.29 is 0 Å². The molecule has 1 saturated heterocycles. The molecule has 3 aromatic rings. The topological polar surface area (TPSA) is 37.8 Å². The molecular weight excluding hydrogens is 374 g/mol. The maximum atomic E-state index is 3.78. The summed E-state index contributed by atoms with van der Waals surface area (Å²) in [5.74, 6) is 1.51. The number of hydrogen-bond acceptors (Lipinski definition) is 3. The minimum atomic E-state index is 0.634. The van der Waals surface area contributed by atoms with Gasteiger partial charge in [0.15, 0.2) is 4.73 Å². The molecule has 4 rings (SSSR count). The summed E-state index contributed by atoms with van der Waals surface area (Å²) in [5, 5.41) is 6.26. The van der Waals surface area contributed by atoms with E-state index in [1.54, 1.807) is 18.5 Å². The van der Waals surface area contributed by atoms with Crippen molar-refractivity contribution >= 4 is 26.7 Å². The Kier molecular flexibility index (Phi) is 6.54. The van der Waals surface area contributed by atoms with Gasteiger partial charge in [-0.05, 0) is 76.1 Å². The van der Waals surface area contributed by atoms with Gasteiger partial charge in [-0.25, -0.2) is 9.97 Å². The fourth-order valence-electron chi connectivity index (χ4n) is 3.50. The van der Waals surface area contributed by atoms with Crippen LogP contribution >= 0.6 is 15.9 Å². The van der Waals surface area contributed by atoms with Crippen LogP contribution in [0, 0.1) is 5.92 Å². The predicted octanol–water partition coefficient (Wildman–Crippen LogP) is 5.18. The Bertz CT molecular complexity index is 780. The van der Waals surface area contributed by atoms with Gasteiger partial charge in [-0.1, -0.05) is 49.4 Å². The highest BCUT2D eigenvalue weighted by Gasteiger charge is 2.19. The van der Waals surface area contributed by atoms with Gasteiger partial charge in [0.05, 0.1) is 0 Å². The van der Waals surface area contributed by atoms with Crippen LogP contribution in [0.1, 0.15) is 31.2 Å². The second kappa shape index (κ2) is 9.07. The molecule has 130 valence electrons. The molecule has 1 fully saturated rings. The molecule has 2 heterocycles. The van der Waals surface area contributed by atoms with Gasteiger partial charge in [0.1, 0.15) is 0 Å². The summed E-state index contributed by atoms with van der Waals surface area (Å²) in [5.41, 5.74) is 1.51. The number of benzene rings is 2. The van der Waals surface area contributed by atoms with E-state index in [0.29, 0.717) is 10.7 Å². The normalized spacial score (nSPS) is 17.8. The van der Waals surface area contributed by atoms with Crippen LogP contribution in [0.2, 0.25) is 0 Å². The number of hydrogen-bond donors (Lipinski definition) is 1. The van der Waals surface area contributed by atoms with E-state index in [1.807, 2.05) is 0 Å². The third-order valence-electron chi connectivity index (χ3n) is 4.74. The van der Waals surface area contributed by atoms with Crippen LogP contribution in [-0.4, -0.2) is 23.1 Å². The lowest BCUT2D eigenvalue weighted by Crippen LogP contribution is -2.11. The van der Waals surface area contributed by atoms with E-state index in [1.165, 1.54) is 42.3 Å². The molecule has 3 nitrogen and oxygen atoms in total. The monoisotopic (exact) mass is 397 g/mol. The molecule has 1 N–H and O–H groups in total. The van der Waals surface area contributed by atoms with E-state index in [-0.39, 0.29) is 0 Å². The molecule has 1 aliphatic heterocycles. The SMILES string of the molecule is Brc1ncccn1.C[C@@H](C[C@H]1CCNC1)c1cccc2ccccc12. The van der Waals surface area contributed by atoms with Crippen LogP contribution in [0.3, 0.4) is 0 Å². The van der Waals surface area contributed by atoms with Gasteiger partial charge < -0.3 is 5.32 Å². The van der Waals surface area contributed by atoms with Crippen molar-refractivity contribution in [1.29, 1.82) is 0 Å². The van der Waals surface area contributed by atoms with E-state index in [0.717, 1.165) is 5.92 Å². The zero-order valence-electron chi connectivity index (χ0n) is 14.5. The Morgan fingerprint density at radius 1 is 1.08 bits per heavy atom. The Balaban J connectivity index is 0.000000219. The number of nitrogens with zero attached hydrogens (tertiary/aromatic N) is 2. The Morgan fingerprint density at radius 3 is 2.52 bits per heavy atom. The third-order valence-corrected chi connectivity index (χ3v) is 5.15. The zero-order valence-corrected chi connectivity index (χ0v) is 16.1. The van der Waals surface area contributed by atoms with E-state index >= 15 is 0 Å². The maximum Gasteiger partial charge on any atom is 0.196 e. The third kappa shape index (κ3) is 5.10. The summed E-state index contributed by atoms with van der Waals surface area (Å²) >= 11 is 3.09. The molecule has 0 amide bonds. The summed E-state index contributed by atoms with van der Waals surface area (Å²) in [7, 11) is 0. The van der Waals surface area contributed by atoms with Crippen molar-refractivity contribution in [3.63, 3.8) is 0 Å². The fourth-order valence-corrected chi connectivity index (χ4v) is 3.74. The van der Waals surface area contributed by atoms with Crippen molar-refractivity contribution in [3.05, 3.63) is 71.2 Å². The Morgan fingerprint density at radius 2 is 1.84 bits per heavy atom. The molecule has 0 spiro atoms. The van der Waals surface area contributed by atoms with E-state index in [4.69, 9.17) is 0 Å². The zero-order chi connectivity index (χ0) is 17.5. The first-order valence-electron chi connectivity index (χ1n) is 8.85. The van der Waals surface area contributed by atoms with Gasteiger partial charge in [-0.3, -0.25) is 0 Å². The molecule has 0 aliphatic carbocycles. The molecule has 2 atom stereocenters. The quantitative estimate of drug-likeness (QED) is 0.618. The highest BCUT2D eigenvalue weighted by molar-refractivity contribution is 9.10. The van der Waals surface area contributed by atoms with Crippen molar-refractivity contribution in [2.45, 2.75) is 25.7 Å². The van der Waals surface area contributed by atoms with E-state index < -0.39 is 0 Å². The minimum absolute atomic E-state index is 0.634. The van der Waals surface area contributed by atoms with Gasteiger partial charge in [0.25, 0.3) is 0 Å². The van der Waals surface area contributed by atoms with Crippen LogP contribution in [-0.2, 0) is 0 Å². The van der Waals surface area contributed by atoms with Crippen molar-refractivity contribution in [2.24, 2.45) is 5.92 Å². The van der Waals surface area contributed by atoms with Gasteiger partial charge in [0, 0.05) is 12.4 Å². The van der Waals surface area contributed by atoms with Crippen LogP contribution < -0.4 is 5.32 Å². The average molecular weight is 398 g/mol. The number of rotatable bonds is 3. The smallest absolute Gasteiger partial charge is 0.196 e. The van der Waals surface area contributed by atoms with Crippen LogP contribution in [0.15, 0.2) is 65.7 Å². The summed E-state index contributed by atoms with van der Waals surface area (Å²) in [6.45, 7) is 4.78. The molecule has 2 aromatic carbocycles. The van der Waals surface area contributed by atoms with E-state index in [9.17, 15) is 0 Å². The fraction of sp³-hybridized carbons (Fsp3) is 0.333. The van der Waals surface area contributed by atoms with Crippen LogP contribution in [0.4, 0.5) is 0 Å². The molecule has 4 heteroatoms. The molecule has 0 radical (unpaired) electrons. The summed E-state index contributed by atoms with van der Waals surface area (Å²) in [6, 6.07) is 17.2. The largest absolute Gasteiger partial charge is 0.316 e. The molecule has 25 heavy (non-hydrogen) atoms. The van der Waals surface area contributed by atoms with Crippen LogP contribution in [0.5, 0.6) is 0 Å². The van der Waals surface area contributed by atoms with Crippen molar-refractivity contribution in [2.75, 3.05) is 13.1 Å². The summed E-state index contributed by atoms with van der Waals surface area (Å²) < 4.78 is 0.634. The number of fused-ring (bicyclic) bond motifs is 1. The minimum Gasteiger partial charge on any atom is -0.316 e. The predicted molar refractivity (Wildman–Crippen MR) is 108 cm³/mol. The molecule has 0 bridgehead atoms. The Labute approximate surface area is 158 Å². The van der Waals surface area contributed by atoms with E-state index in [2.05, 4.69) is 80.6 Å². The second-order valence-corrected chi connectivity index (χ2v) is 7.29. The number of halogens is 1. The average Bonchev–Trinajstić information content (AvgIpc) is 3.15. The van der Waals surface area contributed by atoms with Crippen molar-refractivity contribution in [3.8, 4) is 0 Å². The first-order chi connectivity index (χ1) is 12.2. The van der Waals surface area contributed by atoms with Gasteiger partial charge in [-0.2, -0.15) is 0 Å². The van der Waals surface area contributed by atoms with Gasteiger partial charge in [0.2, 0.25) is 0 Å². The first kappa shape index (κ1) is 18.0. The molecule has 0 unspecified atom stereocenters. The second-order valence-electron chi connectivity index (χ2n) is 6.58. The first-order valence-corrected chi connectivity index (χ1v) is 9.64.